The third kappa shape index (κ3) is 3.31. The van der Waals surface area contributed by atoms with Crippen LogP contribution in [0.3, 0.4) is 0 Å². The molecule has 0 spiro atoms. The first-order chi connectivity index (χ1) is 10.4. The molecule has 0 saturated carbocycles. The quantitative estimate of drug-likeness (QED) is 0.943. The topological polar surface area (TPSA) is 40.5 Å². The summed E-state index contributed by atoms with van der Waals surface area (Å²) < 4.78 is 27.1. The standard InChI is InChI=1S/C17H17F2NO2/c1-11(10-21)20(2)17(22)15-8-5-13(9-16(15)19)12-3-6-14(18)7-4-12/h3-9,11,21H,10H2,1-2H3. The van der Waals surface area contributed by atoms with Gasteiger partial charge in [0.25, 0.3) is 5.91 Å². The molecular formula is C17H17F2NO2. The monoisotopic (exact) mass is 305 g/mol. The van der Waals surface area contributed by atoms with Gasteiger partial charge >= 0.3 is 0 Å². The Bertz CT molecular complexity index is 671. The van der Waals surface area contributed by atoms with Gasteiger partial charge in [-0.15, -0.1) is 0 Å². The second-order valence-electron chi connectivity index (χ2n) is 5.15. The van der Waals surface area contributed by atoms with E-state index < -0.39 is 17.8 Å². The maximum atomic E-state index is 14.2. The predicted molar refractivity (Wildman–Crippen MR) is 80.4 cm³/mol. The Kier molecular flexibility index (Phi) is 4.88. The summed E-state index contributed by atoms with van der Waals surface area (Å²) in [5, 5.41) is 9.07. The van der Waals surface area contributed by atoms with E-state index in [0.29, 0.717) is 11.1 Å². The van der Waals surface area contributed by atoms with Gasteiger partial charge in [0.05, 0.1) is 18.2 Å². The lowest BCUT2D eigenvalue weighted by Crippen LogP contribution is -2.37. The maximum absolute atomic E-state index is 14.2. The van der Waals surface area contributed by atoms with Gasteiger partial charge in [0.2, 0.25) is 0 Å². The van der Waals surface area contributed by atoms with Crippen LogP contribution >= 0.6 is 0 Å². The number of hydrogen-bond donors (Lipinski definition) is 1. The Morgan fingerprint density at radius 3 is 2.27 bits per heavy atom. The zero-order valence-corrected chi connectivity index (χ0v) is 12.4. The molecule has 1 amide bonds. The number of aliphatic hydroxyl groups is 1. The number of halogens is 2. The lowest BCUT2D eigenvalue weighted by Gasteiger charge is -2.23. The highest BCUT2D eigenvalue weighted by molar-refractivity contribution is 5.95. The molecule has 5 heteroatoms. The molecule has 1 unspecified atom stereocenters. The first-order valence-corrected chi connectivity index (χ1v) is 6.87. The molecular weight excluding hydrogens is 288 g/mol. The van der Waals surface area contributed by atoms with Gasteiger partial charge in [-0.25, -0.2) is 8.78 Å². The summed E-state index contributed by atoms with van der Waals surface area (Å²) in [6, 6.07) is 9.54. The number of aliphatic hydroxyl groups excluding tert-OH is 1. The summed E-state index contributed by atoms with van der Waals surface area (Å²) in [5.41, 5.74) is 1.16. The van der Waals surface area contributed by atoms with E-state index in [1.54, 1.807) is 25.1 Å². The minimum absolute atomic E-state index is 0.0614. The normalized spacial score (nSPS) is 12.0. The van der Waals surface area contributed by atoms with Crippen LogP contribution in [-0.4, -0.2) is 35.6 Å². The van der Waals surface area contributed by atoms with Crippen molar-refractivity contribution in [2.75, 3.05) is 13.7 Å². The number of nitrogens with zero attached hydrogens (tertiary/aromatic N) is 1. The molecule has 0 aliphatic heterocycles. The molecule has 3 nitrogen and oxygen atoms in total. The van der Waals surface area contributed by atoms with E-state index in [9.17, 15) is 13.6 Å². The Morgan fingerprint density at radius 2 is 1.73 bits per heavy atom. The fraction of sp³-hybridized carbons (Fsp3) is 0.235. The molecule has 116 valence electrons. The van der Waals surface area contributed by atoms with Crippen molar-refractivity contribution in [3.8, 4) is 11.1 Å². The number of likely N-dealkylation sites (N-methyl/N-ethyl adjacent to an activating group) is 1. The molecule has 2 aromatic carbocycles. The minimum atomic E-state index is -0.649. The average molecular weight is 305 g/mol. The SMILES string of the molecule is CC(CO)N(C)C(=O)c1ccc(-c2ccc(F)cc2)cc1F. The van der Waals surface area contributed by atoms with E-state index in [0.717, 1.165) is 0 Å². The molecule has 0 aliphatic carbocycles. The molecule has 22 heavy (non-hydrogen) atoms. The summed E-state index contributed by atoms with van der Waals surface area (Å²) in [6.45, 7) is 1.47. The molecule has 0 fully saturated rings. The highest BCUT2D eigenvalue weighted by atomic mass is 19.1. The summed E-state index contributed by atoms with van der Waals surface area (Å²) >= 11 is 0. The number of amides is 1. The second kappa shape index (κ2) is 6.66. The van der Waals surface area contributed by atoms with Crippen LogP contribution in [0.25, 0.3) is 11.1 Å². The largest absolute Gasteiger partial charge is 0.394 e. The molecule has 2 aromatic rings. The molecule has 1 atom stereocenters. The van der Waals surface area contributed by atoms with E-state index in [2.05, 4.69) is 0 Å². The van der Waals surface area contributed by atoms with Crippen molar-refractivity contribution in [2.24, 2.45) is 0 Å². The van der Waals surface area contributed by atoms with Gasteiger partial charge in [-0.1, -0.05) is 18.2 Å². The third-order valence-electron chi connectivity index (χ3n) is 3.62. The van der Waals surface area contributed by atoms with Gasteiger partial charge in [-0.3, -0.25) is 4.79 Å². The van der Waals surface area contributed by atoms with E-state index in [1.807, 2.05) is 0 Å². The van der Waals surface area contributed by atoms with Crippen LogP contribution < -0.4 is 0 Å². The van der Waals surface area contributed by atoms with Gasteiger partial charge in [0.15, 0.2) is 0 Å². The van der Waals surface area contributed by atoms with Crippen molar-refractivity contribution in [1.82, 2.24) is 4.90 Å². The van der Waals surface area contributed by atoms with Gasteiger partial charge in [0, 0.05) is 7.05 Å². The fourth-order valence-electron chi connectivity index (χ4n) is 2.02. The number of carbonyl (C=O) groups is 1. The molecule has 2 rings (SSSR count). The van der Waals surface area contributed by atoms with Gasteiger partial charge in [0.1, 0.15) is 11.6 Å². The highest BCUT2D eigenvalue weighted by Gasteiger charge is 2.20. The van der Waals surface area contributed by atoms with Crippen LogP contribution in [0.5, 0.6) is 0 Å². The van der Waals surface area contributed by atoms with Crippen LogP contribution in [0.4, 0.5) is 8.78 Å². The van der Waals surface area contributed by atoms with E-state index in [4.69, 9.17) is 5.11 Å². The van der Waals surface area contributed by atoms with Crippen molar-refractivity contribution in [3.05, 3.63) is 59.7 Å². The van der Waals surface area contributed by atoms with Gasteiger partial charge < -0.3 is 10.0 Å². The Balaban J connectivity index is 2.30. The number of benzene rings is 2. The Hall–Kier alpha value is -2.27. The Morgan fingerprint density at radius 1 is 1.14 bits per heavy atom. The lowest BCUT2D eigenvalue weighted by atomic mass is 10.0. The molecule has 0 bridgehead atoms. The number of rotatable bonds is 4. The molecule has 0 saturated heterocycles. The summed E-state index contributed by atoms with van der Waals surface area (Å²) in [5.74, 6) is -1.51. The summed E-state index contributed by atoms with van der Waals surface area (Å²) in [6.07, 6.45) is 0. The van der Waals surface area contributed by atoms with Crippen molar-refractivity contribution in [2.45, 2.75) is 13.0 Å². The van der Waals surface area contributed by atoms with E-state index in [1.165, 1.54) is 36.2 Å². The van der Waals surface area contributed by atoms with Crippen LogP contribution in [0.2, 0.25) is 0 Å². The number of hydrogen-bond acceptors (Lipinski definition) is 2. The lowest BCUT2D eigenvalue weighted by molar-refractivity contribution is 0.0677. The minimum Gasteiger partial charge on any atom is -0.394 e. The van der Waals surface area contributed by atoms with Gasteiger partial charge in [-0.2, -0.15) is 0 Å². The average Bonchev–Trinajstić information content (AvgIpc) is 2.53. The molecule has 0 radical (unpaired) electrons. The molecule has 0 aromatic heterocycles. The smallest absolute Gasteiger partial charge is 0.256 e. The van der Waals surface area contributed by atoms with Crippen LogP contribution in [0.15, 0.2) is 42.5 Å². The van der Waals surface area contributed by atoms with Crippen molar-refractivity contribution in [3.63, 3.8) is 0 Å². The third-order valence-corrected chi connectivity index (χ3v) is 3.62. The van der Waals surface area contributed by atoms with Crippen LogP contribution in [0, 0.1) is 11.6 Å². The van der Waals surface area contributed by atoms with Crippen molar-refractivity contribution < 1.29 is 18.7 Å². The molecule has 1 N–H and O–H groups in total. The van der Waals surface area contributed by atoms with Gasteiger partial charge in [-0.05, 0) is 42.3 Å². The highest BCUT2D eigenvalue weighted by Crippen LogP contribution is 2.23. The van der Waals surface area contributed by atoms with E-state index >= 15 is 0 Å². The van der Waals surface area contributed by atoms with E-state index in [-0.39, 0.29) is 18.0 Å². The first kappa shape index (κ1) is 16.1. The maximum Gasteiger partial charge on any atom is 0.256 e. The van der Waals surface area contributed by atoms with Crippen molar-refractivity contribution in [1.29, 1.82) is 0 Å². The second-order valence-corrected chi connectivity index (χ2v) is 5.15. The zero-order valence-electron chi connectivity index (χ0n) is 12.4. The molecule has 0 heterocycles. The number of carbonyl (C=O) groups excluding carboxylic acids is 1. The van der Waals surface area contributed by atoms with Crippen LogP contribution in [-0.2, 0) is 0 Å². The fourth-order valence-corrected chi connectivity index (χ4v) is 2.02. The summed E-state index contributed by atoms with van der Waals surface area (Å²) in [4.78, 5) is 13.5. The zero-order chi connectivity index (χ0) is 16.3. The van der Waals surface area contributed by atoms with Crippen molar-refractivity contribution >= 4 is 5.91 Å². The molecule has 0 aliphatic rings. The predicted octanol–water partition coefficient (Wildman–Crippen LogP) is 3.08. The van der Waals surface area contributed by atoms with Crippen LogP contribution in [0.1, 0.15) is 17.3 Å². The summed E-state index contributed by atoms with van der Waals surface area (Å²) in [7, 11) is 1.51. The Labute approximate surface area is 127 Å². The first-order valence-electron chi connectivity index (χ1n) is 6.87.